The number of esters is 1. The number of ether oxygens (including phenoxy) is 7. The van der Waals surface area contributed by atoms with Gasteiger partial charge in [0.1, 0.15) is 37.1 Å². The van der Waals surface area contributed by atoms with Crippen molar-refractivity contribution in [2.24, 2.45) is 34.5 Å². The van der Waals surface area contributed by atoms with Gasteiger partial charge in [0, 0.05) is 43.1 Å². The van der Waals surface area contributed by atoms with Crippen LogP contribution in [0.2, 0.25) is 0 Å². The molecule has 0 aromatic rings. The van der Waals surface area contributed by atoms with Crippen LogP contribution in [0.1, 0.15) is 105 Å². The van der Waals surface area contributed by atoms with Gasteiger partial charge in [-0.2, -0.15) is 0 Å². The van der Waals surface area contributed by atoms with E-state index in [9.17, 15) is 45.4 Å². The maximum Gasteiger partial charge on any atom is 0.331 e. The topological polar surface area (TPSA) is 267 Å². The first-order valence-electron chi connectivity index (χ1n) is 22.0. The Kier molecular flexibility index (Phi) is 12.5. The van der Waals surface area contributed by atoms with Gasteiger partial charge in [-0.25, -0.2) is 4.79 Å². The molecule has 7 fully saturated rings. The largest absolute Gasteiger partial charge is 0.458 e. The number of hydrogen-bond donors (Lipinski definition) is 4. The predicted molar refractivity (Wildman–Crippen MR) is 204 cm³/mol. The van der Waals surface area contributed by atoms with E-state index in [2.05, 4.69) is 13.8 Å². The molecule has 8 aliphatic rings. The third kappa shape index (κ3) is 8.27. The molecular formula is C41H62N2O18. The molecular weight excluding hydrogens is 808 g/mol. The minimum atomic E-state index is -1.20. The third-order valence-electron chi connectivity index (χ3n) is 16.2. The SMILES string of the molecule is C[C@H]1O[C@@H](O[C@H]2[C@@H](O[N+](=O)[O-])C[C@H](O[C@H]3[C@@H](O[N+](=O)[O-])C[C@H](O[C@H]4CC[C@@]5(C)[C@H](CC[C@@H]6[C@@H]5CC[C@]5(C)[C@@H](C7=CC(=O)OC7)[C@@H](O)C[C@]65O)C4)O[C@@H]3C)O[C@@H]2C)C[C@H](O)[C@@H]1O. The quantitative estimate of drug-likeness (QED) is 0.101. The number of fused-ring (bicyclic) bond motifs is 5. The Bertz CT molecular complexity index is 1680. The highest BCUT2D eigenvalue weighted by atomic mass is 17.0. The van der Waals surface area contributed by atoms with E-state index in [1.807, 2.05) is 0 Å². The zero-order chi connectivity index (χ0) is 43.8. The van der Waals surface area contributed by atoms with Gasteiger partial charge >= 0.3 is 5.97 Å². The minimum Gasteiger partial charge on any atom is -0.458 e. The van der Waals surface area contributed by atoms with Gasteiger partial charge < -0.3 is 63.3 Å². The molecule has 20 nitrogen and oxygen atoms in total. The number of hydrogen-bond acceptors (Lipinski definition) is 18. The van der Waals surface area contributed by atoms with Crippen LogP contribution >= 0.6 is 0 Å². The normalized spacial score (nSPS) is 51.0. The molecule has 4 saturated carbocycles. The van der Waals surface area contributed by atoms with Crippen LogP contribution in [0, 0.1) is 54.7 Å². The van der Waals surface area contributed by atoms with Crippen molar-refractivity contribution in [2.45, 2.75) is 197 Å². The smallest absolute Gasteiger partial charge is 0.331 e. The monoisotopic (exact) mass is 870 g/mol. The number of nitrogens with zero attached hydrogens (tertiary/aromatic N) is 2. The van der Waals surface area contributed by atoms with Crippen molar-refractivity contribution in [3.63, 3.8) is 0 Å². The summed E-state index contributed by atoms with van der Waals surface area (Å²) in [6, 6.07) is 0. The van der Waals surface area contributed by atoms with Crippen LogP contribution in [0.15, 0.2) is 11.6 Å². The Balaban J connectivity index is 0.889. The highest BCUT2D eigenvalue weighted by molar-refractivity contribution is 5.85. The molecule has 8 rings (SSSR count). The van der Waals surface area contributed by atoms with Gasteiger partial charge in [-0.15, -0.1) is 20.2 Å². The van der Waals surface area contributed by atoms with Gasteiger partial charge in [-0.05, 0) is 94.5 Å². The maximum absolute atomic E-state index is 12.6. The van der Waals surface area contributed by atoms with Crippen molar-refractivity contribution in [1.82, 2.24) is 0 Å². The van der Waals surface area contributed by atoms with E-state index in [1.54, 1.807) is 20.8 Å². The van der Waals surface area contributed by atoms with E-state index in [0.29, 0.717) is 5.92 Å². The summed E-state index contributed by atoms with van der Waals surface area (Å²) in [7, 11) is 0. The molecule has 3 saturated heterocycles. The lowest BCUT2D eigenvalue weighted by Gasteiger charge is -2.63. The molecule has 21 atom stereocenters. The number of rotatable bonds is 11. The summed E-state index contributed by atoms with van der Waals surface area (Å²) in [5.41, 5.74) is -0.971. The molecule has 4 heterocycles. The van der Waals surface area contributed by atoms with Crippen LogP contribution in [0.3, 0.4) is 0 Å². The molecule has 0 aromatic carbocycles. The number of carbonyl (C=O) groups is 1. The molecule has 0 spiro atoms. The van der Waals surface area contributed by atoms with Crippen LogP contribution < -0.4 is 0 Å². The summed E-state index contributed by atoms with van der Waals surface area (Å²) < 4.78 is 42.0. The Morgan fingerprint density at radius 3 is 1.90 bits per heavy atom. The molecule has 20 heteroatoms. The summed E-state index contributed by atoms with van der Waals surface area (Å²) in [5, 5.41) is 65.8. The summed E-state index contributed by atoms with van der Waals surface area (Å²) in [5.74, 6) is -0.207. The first-order chi connectivity index (χ1) is 28.8. The fraction of sp³-hybridized carbons (Fsp3) is 0.927. The van der Waals surface area contributed by atoms with Crippen LogP contribution in [-0.4, -0.2) is 135 Å². The summed E-state index contributed by atoms with van der Waals surface area (Å²) in [6.07, 6.45) is -5.95. The number of carbonyl (C=O) groups excluding carboxylic acids is 1. The van der Waals surface area contributed by atoms with Gasteiger partial charge in [0.05, 0.1) is 42.2 Å². The second kappa shape index (κ2) is 17.0. The lowest BCUT2D eigenvalue weighted by molar-refractivity contribution is -0.774. The van der Waals surface area contributed by atoms with Crippen molar-refractivity contribution >= 4 is 5.97 Å². The zero-order valence-electron chi connectivity index (χ0n) is 35.4. The molecule has 0 radical (unpaired) electrons. The Morgan fingerprint density at radius 2 is 1.33 bits per heavy atom. The Morgan fingerprint density at radius 1 is 0.738 bits per heavy atom. The molecule has 4 aliphatic carbocycles. The van der Waals surface area contributed by atoms with Gasteiger partial charge in [0.25, 0.3) is 10.2 Å². The average Bonchev–Trinajstić information content (AvgIpc) is 3.68. The van der Waals surface area contributed by atoms with Gasteiger partial charge in [-0.1, -0.05) is 13.8 Å². The van der Waals surface area contributed by atoms with Crippen LogP contribution in [0.4, 0.5) is 0 Å². The molecule has 4 N–H and O–H groups in total. The van der Waals surface area contributed by atoms with Crippen LogP contribution in [0.25, 0.3) is 0 Å². The van der Waals surface area contributed by atoms with Gasteiger partial charge in [0.15, 0.2) is 18.9 Å². The Labute approximate surface area is 353 Å². The van der Waals surface area contributed by atoms with Gasteiger partial charge in [0.2, 0.25) is 0 Å². The fourth-order valence-electron chi connectivity index (χ4n) is 13.2. The molecule has 0 unspecified atom stereocenters. The first-order valence-corrected chi connectivity index (χ1v) is 22.0. The Hall–Kier alpha value is -2.79. The lowest BCUT2D eigenvalue weighted by Crippen LogP contribution is -2.62. The molecule has 61 heavy (non-hydrogen) atoms. The van der Waals surface area contributed by atoms with Crippen LogP contribution in [-0.2, 0) is 47.6 Å². The van der Waals surface area contributed by atoms with Crippen molar-refractivity contribution in [3.8, 4) is 0 Å². The number of aliphatic hydroxyl groups excluding tert-OH is 3. The number of cyclic esters (lactones) is 1. The standard InChI is InChI=1S/C41H62N2O18/c1-19-36(47)27(44)14-32(54-19)58-37-21(3)56-34(16-30(37)61-43(51)52)59-38-20(2)55-33(15-29(38)60-42(49)50)57-24-8-10-39(4)23(13-24)6-7-26-25(39)9-11-40(5)35(22-12-31(46)53-18-22)28(45)17-41(26,40)48/h12,19-21,23-30,32-38,44-45,47-48H,6-11,13-18H2,1-5H3/t19-,20-,21-,23-,24+,25+,26-,27+,28+,29+,30+,32+,33+,34+,35+,36-,37-,38-,39+,40-,41+/m1/s1. The second-order valence-corrected chi connectivity index (χ2v) is 19.5. The van der Waals surface area contributed by atoms with Crippen molar-refractivity contribution in [2.75, 3.05) is 6.61 Å². The second-order valence-electron chi connectivity index (χ2n) is 19.5. The zero-order valence-corrected chi connectivity index (χ0v) is 35.4. The van der Waals surface area contributed by atoms with E-state index in [1.165, 1.54) is 6.08 Å². The van der Waals surface area contributed by atoms with E-state index < -0.39 is 107 Å². The molecule has 0 bridgehead atoms. The van der Waals surface area contributed by atoms with Crippen molar-refractivity contribution < 1.29 is 78.2 Å². The molecule has 0 amide bonds. The molecule has 4 aliphatic heterocycles. The highest BCUT2D eigenvalue weighted by Crippen LogP contribution is 2.70. The average molecular weight is 871 g/mol. The first kappa shape index (κ1) is 44.8. The summed E-state index contributed by atoms with van der Waals surface area (Å²) in [6.45, 7) is 9.41. The lowest BCUT2D eigenvalue weighted by atomic mass is 9.43. The predicted octanol–water partition coefficient (Wildman–Crippen LogP) is 2.65. The summed E-state index contributed by atoms with van der Waals surface area (Å²) >= 11 is 0. The van der Waals surface area contributed by atoms with E-state index in [0.717, 1.165) is 50.5 Å². The molecule has 344 valence electrons. The summed E-state index contributed by atoms with van der Waals surface area (Å²) in [4.78, 5) is 45.5. The highest BCUT2D eigenvalue weighted by Gasteiger charge is 2.70. The third-order valence-corrected chi connectivity index (χ3v) is 16.2. The van der Waals surface area contributed by atoms with Gasteiger partial charge in [-0.3, -0.25) is 0 Å². The van der Waals surface area contributed by atoms with Crippen molar-refractivity contribution in [1.29, 1.82) is 0 Å². The van der Waals surface area contributed by atoms with Crippen molar-refractivity contribution in [3.05, 3.63) is 31.9 Å². The minimum absolute atomic E-state index is 0.00240. The molecule has 0 aromatic heterocycles. The van der Waals surface area contributed by atoms with Crippen LogP contribution in [0.5, 0.6) is 0 Å². The number of aliphatic hydroxyl groups is 4. The van der Waals surface area contributed by atoms with E-state index >= 15 is 0 Å². The van der Waals surface area contributed by atoms with E-state index in [-0.39, 0.29) is 61.6 Å². The van der Waals surface area contributed by atoms with E-state index in [4.69, 9.17) is 42.8 Å². The fourth-order valence-corrected chi connectivity index (χ4v) is 13.2. The maximum atomic E-state index is 12.6.